The molecule has 1 saturated carbocycles. The Morgan fingerprint density at radius 1 is 1.12 bits per heavy atom. The van der Waals surface area contributed by atoms with Crippen molar-refractivity contribution in [2.45, 2.75) is 24.7 Å². The van der Waals surface area contributed by atoms with Gasteiger partial charge in [0.1, 0.15) is 5.82 Å². The Hall–Kier alpha value is -2.18. The third kappa shape index (κ3) is 3.52. The number of H-pyrrole nitrogens is 1. The number of sulfonamides is 1. The summed E-state index contributed by atoms with van der Waals surface area (Å²) < 4.78 is 40.9. The summed E-state index contributed by atoms with van der Waals surface area (Å²) in [4.78, 5) is 3.10. The fraction of sp³-hybridized carbons (Fsp3) is 0.300. The molecule has 2 aromatic carbocycles. The summed E-state index contributed by atoms with van der Waals surface area (Å²) in [5, 5.41) is 0.965. The van der Waals surface area contributed by atoms with Crippen molar-refractivity contribution >= 4 is 20.9 Å². The first-order valence-corrected chi connectivity index (χ1v) is 10.4. The van der Waals surface area contributed by atoms with E-state index in [-0.39, 0.29) is 17.0 Å². The summed E-state index contributed by atoms with van der Waals surface area (Å²) in [5.74, 6) is -0.205. The van der Waals surface area contributed by atoms with E-state index in [0.29, 0.717) is 13.0 Å². The highest BCUT2D eigenvalue weighted by Crippen LogP contribution is 2.50. The van der Waals surface area contributed by atoms with Crippen molar-refractivity contribution in [3.63, 3.8) is 0 Å². The number of nitrogens with one attached hydrogen (secondary N) is 2. The highest BCUT2D eigenvalue weighted by molar-refractivity contribution is 7.89. The molecule has 4 rings (SSSR count). The van der Waals surface area contributed by atoms with E-state index in [4.69, 9.17) is 0 Å². The monoisotopic (exact) mass is 372 g/mol. The molecule has 1 aliphatic carbocycles. The molecule has 1 fully saturated rings. The maximum atomic E-state index is 13.4. The van der Waals surface area contributed by atoms with Gasteiger partial charge in [0.2, 0.25) is 10.0 Å². The SMILES string of the molecule is O=S(=O)(CCc1ccccc1)NCC1(c2c[nH]c3cc(F)ccc23)CC1. The number of halogens is 1. The van der Waals surface area contributed by atoms with Crippen molar-refractivity contribution in [1.82, 2.24) is 9.71 Å². The molecule has 2 N–H and O–H groups in total. The van der Waals surface area contributed by atoms with Crippen LogP contribution in [0.15, 0.2) is 54.7 Å². The van der Waals surface area contributed by atoms with Crippen LogP contribution in [0, 0.1) is 5.82 Å². The fourth-order valence-electron chi connectivity index (χ4n) is 3.45. The Bertz CT molecular complexity index is 1020. The molecule has 0 aliphatic heterocycles. The lowest BCUT2D eigenvalue weighted by atomic mass is 9.96. The number of aromatic amines is 1. The summed E-state index contributed by atoms with van der Waals surface area (Å²) in [6, 6.07) is 14.3. The molecule has 0 unspecified atom stereocenters. The van der Waals surface area contributed by atoms with E-state index in [1.807, 2.05) is 36.5 Å². The highest BCUT2D eigenvalue weighted by Gasteiger charge is 2.46. The molecule has 136 valence electrons. The van der Waals surface area contributed by atoms with Gasteiger partial charge in [-0.05, 0) is 48.6 Å². The molecule has 26 heavy (non-hydrogen) atoms. The minimum absolute atomic E-state index is 0.0756. The molecule has 0 atom stereocenters. The zero-order chi connectivity index (χ0) is 18.2. The zero-order valence-electron chi connectivity index (χ0n) is 14.3. The van der Waals surface area contributed by atoms with Crippen LogP contribution >= 0.6 is 0 Å². The van der Waals surface area contributed by atoms with E-state index in [1.54, 1.807) is 6.07 Å². The second-order valence-electron chi connectivity index (χ2n) is 7.05. The first-order chi connectivity index (χ1) is 12.5. The molecule has 6 heteroatoms. The number of fused-ring (bicyclic) bond motifs is 1. The Balaban J connectivity index is 1.44. The minimum atomic E-state index is -3.34. The van der Waals surface area contributed by atoms with Gasteiger partial charge in [-0.1, -0.05) is 30.3 Å². The van der Waals surface area contributed by atoms with Crippen LogP contribution in [0.3, 0.4) is 0 Å². The van der Waals surface area contributed by atoms with Gasteiger partial charge in [0, 0.05) is 29.1 Å². The quantitative estimate of drug-likeness (QED) is 0.667. The molecule has 0 radical (unpaired) electrons. The number of hydrogen-bond acceptors (Lipinski definition) is 2. The average molecular weight is 372 g/mol. The zero-order valence-corrected chi connectivity index (χ0v) is 15.2. The first-order valence-electron chi connectivity index (χ1n) is 8.76. The molecule has 1 heterocycles. The molecule has 0 bridgehead atoms. The van der Waals surface area contributed by atoms with Crippen molar-refractivity contribution in [1.29, 1.82) is 0 Å². The molecular formula is C20H21FN2O2S. The standard InChI is InChI=1S/C20H21FN2O2S/c21-16-6-7-17-18(13-22-19(17)12-16)20(9-10-20)14-23-26(24,25)11-8-15-4-2-1-3-5-15/h1-7,12-13,22-23H,8-11,14H2. The summed E-state index contributed by atoms with van der Waals surface area (Å²) in [7, 11) is -3.34. The average Bonchev–Trinajstić information content (AvgIpc) is 3.31. The van der Waals surface area contributed by atoms with E-state index >= 15 is 0 Å². The summed E-state index contributed by atoms with van der Waals surface area (Å²) in [6.45, 7) is 0.383. The summed E-state index contributed by atoms with van der Waals surface area (Å²) >= 11 is 0. The second-order valence-corrected chi connectivity index (χ2v) is 8.97. The lowest BCUT2D eigenvalue weighted by Crippen LogP contribution is -2.34. The van der Waals surface area contributed by atoms with Crippen molar-refractivity contribution in [3.8, 4) is 0 Å². The highest BCUT2D eigenvalue weighted by atomic mass is 32.2. The molecular weight excluding hydrogens is 351 g/mol. The Morgan fingerprint density at radius 3 is 2.62 bits per heavy atom. The second kappa shape index (κ2) is 6.52. The predicted octanol–water partition coefficient (Wildman–Crippen LogP) is 3.50. The van der Waals surface area contributed by atoms with Crippen molar-refractivity contribution in [2.24, 2.45) is 0 Å². The largest absolute Gasteiger partial charge is 0.361 e. The third-order valence-corrected chi connectivity index (χ3v) is 6.53. The van der Waals surface area contributed by atoms with Crippen molar-refractivity contribution in [2.75, 3.05) is 12.3 Å². The van der Waals surface area contributed by atoms with Crippen LogP contribution < -0.4 is 4.72 Å². The van der Waals surface area contributed by atoms with Gasteiger partial charge in [-0.2, -0.15) is 0 Å². The number of benzene rings is 2. The van der Waals surface area contributed by atoms with Gasteiger partial charge in [-0.25, -0.2) is 17.5 Å². The van der Waals surface area contributed by atoms with E-state index in [2.05, 4.69) is 9.71 Å². The molecule has 0 amide bonds. The van der Waals surface area contributed by atoms with Crippen LogP contribution in [-0.4, -0.2) is 25.7 Å². The molecule has 3 aromatic rings. The molecule has 0 spiro atoms. The van der Waals surface area contributed by atoms with Crippen LogP contribution in [-0.2, 0) is 21.9 Å². The van der Waals surface area contributed by atoms with Crippen LogP contribution in [0.5, 0.6) is 0 Å². The molecule has 0 saturated heterocycles. The van der Waals surface area contributed by atoms with Gasteiger partial charge >= 0.3 is 0 Å². The molecule has 1 aromatic heterocycles. The summed E-state index contributed by atoms with van der Waals surface area (Å²) in [6.07, 6.45) is 4.24. The van der Waals surface area contributed by atoms with E-state index < -0.39 is 10.0 Å². The molecule has 1 aliphatic rings. The van der Waals surface area contributed by atoms with Crippen LogP contribution in [0.2, 0.25) is 0 Å². The number of aromatic nitrogens is 1. The van der Waals surface area contributed by atoms with Crippen LogP contribution in [0.25, 0.3) is 10.9 Å². The van der Waals surface area contributed by atoms with Gasteiger partial charge in [0.05, 0.1) is 5.75 Å². The van der Waals surface area contributed by atoms with Gasteiger partial charge < -0.3 is 4.98 Å². The van der Waals surface area contributed by atoms with Gasteiger partial charge in [0.25, 0.3) is 0 Å². The van der Waals surface area contributed by atoms with Gasteiger partial charge in [-0.15, -0.1) is 0 Å². The van der Waals surface area contributed by atoms with Gasteiger partial charge in [-0.3, -0.25) is 0 Å². The number of hydrogen-bond donors (Lipinski definition) is 2. The van der Waals surface area contributed by atoms with E-state index in [9.17, 15) is 12.8 Å². The van der Waals surface area contributed by atoms with Crippen molar-refractivity contribution in [3.05, 3.63) is 71.7 Å². The lowest BCUT2D eigenvalue weighted by molar-refractivity contribution is 0.567. The normalized spacial score (nSPS) is 16.0. The van der Waals surface area contributed by atoms with E-state index in [0.717, 1.165) is 34.9 Å². The predicted molar refractivity (Wildman–Crippen MR) is 101 cm³/mol. The smallest absolute Gasteiger partial charge is 0.211 e. The Morgan fingerprint density at radius 2 is 1.88 bits per heavy atom. The first kappa shape index (κ1) is 17.2. The lowest BCUT2D eigenvalue weighted by Gasteiger charge is -2.16. The number of aryl methyl sites for hydroxylation is 1. The Labute approximate surface area is 152 Å². The van der Waals surface area contributed by atoms with Crippen LogP contribution in [0.4, 0.5) is 4.39 Å². The topological polar surface area (TPSA) is 62.0 Å². The molecule has 4 nitrogen and oxygen atoms in total. The number of rotatable bonds is 7. The van der Waals surface area contributed by atoms with Crippen LogP contribution in [0.1, 0.15) is 24.0 Å². The van der Waals surface area contributed by atoms with E-state index in [1.165, 1.54) is 12.1 Å². The fourth-order valence-corrected chi connectivity index (χ4v) is 4.59. The maximum absolute atomic E-state index is 13.4. The van der Waals surface area contributed by atoms with Gasteiger partial charge in [0.15, 0.2) is 0 Å². The third-order valence-electron chi connectivity index (χ3n) is 5.20. The maximum Gasteiger partial charge on any atom is 0.211 e. The van der Waals surface area contributed by atoms with Crippen molar-refractivity contribution < 1.29 is 12.8 Å². The minimum Gasteiger partial charge on any atom is -0.361 e. The summed E-state index contributed by atoms with van der Waals surface area (Å²) in [5.41, 5.74) is 2.64. The Kier molecular flexibility index (Phi) is 4.32.